The number of nitrogens with one attached hydrogen (secondary N) is 1. The third kappa shape index (κ3) is 2.73. The van der Waals surface area contributed by atoms with Crippen LogP contribution >= 0.6 is 0 Å². The monoisotopic (exact) mass is 279 g/mol. The van der Waals surface area contributed by atoms with Crippen molar-refractivity contribution in [3.63, 3.8) is 0 Å². The van der Waals surface area contributed by atoms with Gasteiger partial charge in [0, 0.05) is 24.5 Å². The van der Waals surface area contributed by atoms with Gasteiger partial charge in [-0.3, -0.25) is 0 Å². The molecule has 3 rings (SSSR count). The number of rotatable bonds is 3. The lowest BCUT2D eigenvalue weighted by molar-refractivity contribution is 0.602. The zero-order chi connectivity index (χ0) is 13.3. The molecule has 0 amide bonds. The van der Waals surface area contributed by atoms with Gasteiger partial charge in [0.05, 0.1) is 11.5 Å². The molecule has 3 heterocycles. The molecular weight excluding hydrogens is 266 g/mol. The molecule has 7 nitrogen and oxygen atoms in total. The number of anilines is 1. The second-order valence-electron chi connectivity index (χ2n) is 4.46. The van der Waals surface area contributed by atoms with E-state index in [1.165, 1.54) is 6.33 Å². The van der Waals surface area contributed by atoms with Gasteiger partial charge in [-0.1, -0.05) is 0 Å². The highest BCUT2D eigenvalue weighted by Crippen LogP contribution is 2.16. The summed E-state index contributed by atoms with van der Waals surface area (Å²) >= 11 is 0. The fraction of sp³-hybridized carbons (Fsp3) is 0.364. The van der Waals surface area contributed by atoms with Crippen LogP contribution in [0.3, 0.4) is 0 Å². The van der Waals surface area contributed by atoms with Crippen molar-refractivity contribution >= 4 is 15.7 Å². The molecule has 100 valence electrons. The van der Waals surface area contributed by atoms with E-state index in [9.17, 15) is 8.42 Å². The Labute approximate surface area is 110 Å². The van der Waals surface area contributed by atoms with Gasteiger partial charge >= 0.3 is 0 Å². The summed E-state index contributed by atoms with van der Waals surface area (Å²) in [5.74, 6) is 1.65. The Hall–Kier alpha value is -1.96. The van der Waals surface area contributed by atoms with Crippen molar-refractivity contribution in [1.82, 2.24) is 19.7 Å². The van der Waals surface area contributed by atoms with E-state index in [1.807, 2.05) is 0 Å². The van der Waals surface area contributed by atoms with E-state index in [1.54, 1.807) is 29.2 Å². The summed E-state index contributed by atoms with van der Waals surface area (Å²) in [5.41, 5.74) is 0. The second kappa shape index (κ2) is 4.61. The van der Waals surface area contributed by atoms with E-state index in [0.717, 1.165) is 0 Å². The molecule has 0 radical (unpaired) electrons. The van der Waals surface area contributed by atoms with Crippen LogP contribution in [-0.2, 0) is 9.84 Å². The van der Waals surface area contributed by atoms with Gasteiger partial charge in [0.25, 0.3) is 0 Å². The smallest absolute Gasteiger partial charge is 0.158 e. The molecule has 1 atom stereocenters. The maximum atomic E-state index is 11.4. The van der Waals surface area contributed by atoms with Crippen LogP contribution in [-0.4, -0.2) is 45.7 Å². The summed E-state index contributed by atoms with van der Waals surface area (Å²) in [7, 11) is -2.89. The van der Waals surface area contributed by atoms with Gasteiger partial charge in [-0.15, -0.1) is 0 Å². The number of aromatic nitrogens is 4. The van der Waals surface area contributed by atoms with Gasteiger partial charge in [0.15, 0.2) is 15.7 Å². The molecule has 1 aliphatic heterocycles. The summed E-state index contributed by atoms with van der Waals surface area (Å²) in [5, 5.41) is 7.21. The minimum atomic E-state index is -2.89. The Morgan fingerprint density at radius 2 is 2.26 bits per heavy atom. The first-order chi connectivity index (χ1) is 9.12. The normalized spacial score (nSPS) is 21.4. The molecule has 0 bridgehead atoms. The minimum absolute atomic E-state index is 0.0784. The fourth-order valence-electron chi connectivity index (χ4n) is 2.07. The third-order valence-corrected chi connectivity index (χ3v) is 4.74. The van der Waals surface area contributed by atoms with E-state index in [4.69, 9.17) is 0 Å². The first kappa shape index (κ1) is 12.1. The maximum absolute atomic E-state index is 11.4. The Morgan fingerprint density at radius 1 is 1.37 bits per heavy atom. The molecule has 2 aromatic heterocycles. The SMILES string of the molecule is O=S1(=O)CCC(Nc2cc(-n3cccn3)ncn2)C1. The molecule has 1 fully saturated rings. The third-order valence-electron chi connectivity index (χ3n) is 2.98. The van der Waals surface area contributed by atoms with Gasteiger partial charge < -0.3 is 5.32 Å². The van der Waals surface area contributed by atoms with E-state index in [-0.39, 0.29) is 17.5 Å². The number of hydrogen-bond acceptors (Lipinski definition) is 6. The van der Waals surface area contributed by atoms with Gasteiger partial charge in [0.2, 0.25) is 0 Å². The summed E-state index contributed by atoms with van der Waals surface area (Å²) < 4.78 is 24.4. The predicted molar refractivity (Wildman–Crippen MR) is 69.8 cm³/mol. The van der Waals surface area contributed by atoms with Crippen LogP contribution in [0.4, 0.5) is 5.82 Å². The van der Waals surface area contributed by atoms with Crippen molar-refractivity contribution < 1.29 is 8.42 Å². The number of sulfone groups is 1. The molecule has 19 heavy (non-hydrogen) atoms. The van der Waals surface area contributed by atoms with Crippen molar-refractivity contribution in [3.05, 3.63) is 30.9 Å². The standard InChI is InChI=1S/C11H13N5O2S/c17-19(18)5-2-9(7-19)15-10-6-11(13-8-12-10)16-4-1-3-14-16/h1,3-4,6,8-9H,2,5,7H2,(H,12,13,15). The highest BCUT2D eigenvalue weighted by molar-refractivity contribution is 7.91. The van der Waals surface area contributed by atoms with Crippen LogP contribution in [0, 0.1) is 0 Å². The average molecular weight is 279 g/mol. The number of hydrogen-bond donors (Lipinski definition) is 1. The van der Waals surface area contributed by atoms with Gasteiger partial charge in [-0.2, -0.15) is 5.10 Å². The van der Waals surface area contributed by atoms with Crippen molar-refractivity contribution in [2.45, 2.75) is 12.5 Å². The van der Waals surface area contributed by atoms with E-state index < -0.39 is 9.84 Å². The molecule has 0 aromatic carbocycles. The van der Waals surface area contributed by atoms with Crippen molar-refractivity contribution in [1.29, 1.82) is 0 Å². The summed E-state index contributed by atoms with van der Waals surface area (Å²) in [6.45, 7) is 0. The highest BCUT2D eigenvalue weighted by Gasteiger charge is 2.27. The quantitative estimate of drug-likeness (QED) is 0.867. The summed E-state index contributed by atoms with van der Waals surface area (Å²) in [6.07, 6.45) is 5.50. The summed E-state index contributed by atoms with van der Waals surface area (Å²) in [6, 6.07) is 3.47. The molecule has 1 unspecified atom stereocenters. The molecule has 1 aliphatic rings. The average Bonchev–Trinajstić information content (AvgIpc) is 2.99. The van der Waals surface area contributed by atoms with E-state index in [0.29, 0.717) is 18.1 Å². The molecule has 0 aliphatic carbocycles. The van der Waals surface area contributed by atoms with Crippen LogP contribution in [0.1, 0.15) is 6.42 Å². The zero-order valence-electron chi connectivity index (χ0n) is 10.1. The van der Waals surface area contributed by atoms with Crippen molar-refractivity contribution in [3.8, 4) is 5.82 Å². The van der Waals surface area contributed by atoms with Crippen LogP contribution in [0.2, 0.25) is 0 Å². The molecule has 1 saturated heterocycles. The fourth-order valence-corrected chi connectivity index (χ4v) is 3.75. The maximum Gasteiger partial charge on any atom is 0.158 e. The Morgan fingerprint density at radius 3 is 2.95 bits per heavy atom. The molecule has 0 saturated carbocycles. The molecular formula is C11H13N5O2S. The van der Waals surface area contributed by atoms with Gasteiger partial charge in [-0.25, -0.2) is 23.1 Å². The lowest BCUT2D eigenvalue weighted by Gasteiger charge is -2.11. The molecule has 1 N–H and O–H groups in total. The lowest BCUT2D eigenvalue weighted by atomic mass is 10.2. The van der Waals surface area contributed by atoms with E-state index in [2.05, 4.69) is 20.4 Å². The molecule has 0 spiro atoms. The van der Waals surface area contributed by atoms with Crippen molar-refractivity contribution in [2.75, 3.05) is 16.8 Å². The highest BCUT2D eigenvalue weighted by atomic mass is 32.2. The van der Waals surface area contributed by atoms with E-state index >= 15 is 0 Å². The summed E-state index contributed by atoms with van der Waals surface area (Å²) in [4.78, 5) is 8.22. The van der Waals surface area contributed by atoms with Crippen LogP contribution in [0.25, 0.3) is 5.82 Å². The molecule has 8 heteroatoms. The van der Waals surface area contributed by atoms with Crippen LogP contribution in [0.15, 0.2) is 30.9 Å². The van der Waals surface area contributed by atoms with Crippen LogP contribution in [0.5, 0.6) is 0 Å². The Bertz CT molecular complexity index is 668. The minimum Gasteiger partial charge on any atom is -0.366 e. The Kier molecular flexibility index (Phi) is 2.94. The van der Waals surface area contributed by atoms with Crippen molar-refractivity contribution in [2.24, 2.45) is 0 Å². The van der Waals surface area contributed by atoms with Gasteiger partial charge in [0.1, 0.15) is 12.1 Å². The molecule has 2 aromatic rings. The first-order valence-corrected chi connectivity index (χ1v) is 7.73. The predicted octanol–water partition coefficient (Wildman–Crippen LogP) is 0.261. The lowest BCUT2D eigenvalue weighted by Crippen LogP contribution is -2.21. The topological polar surface area (TPSA) is 89.8 Å². The van der Waals surface area contributed by atoms with Gasteiger partial charge in [-0.05, 0) is 12.5 Å². The largest absolute Gasteiger partial charge is 0.366 e. The second-order valence-corrected chi connectivity index (χ2v) is 6.69. The zero-order valence-corrected chi connectivity index (χ0v) is 10.9. The Balaban J connectivity index is 1.77. The number of nitrogens with zero attached hydrogens (tertiary/aromatic N) is 4. The first-order valence-electron chi connectivity index (χ1n) is 5.91. The van der Waals surface area contributed by atoms with Crippen LogP contribution < -0.4 is 5.32 Å².